The second-order valence-electron chi connectivity index (χ2n) is 8.76. The number of rotatable bonds is 6. The molecule has 0 atom stereocenters. The van der Waals surface area contributed by atoms with Gasteiger partial charge in [-0.1, -0.05) is 0 Å². The van der Waals surface area contributed by atoms with E-state index in [1.807, 2.05) is 0 Å². The van der Waals surface area contributed by atoms with E-state index in [-0.39, 0.29) is 20.1 Å². The Balaban J connectivity index is 0.000000207. The molecule has 6 rings (SSSR count). The molecule has 0 bridgehead atoms. The van der Waals surface area contributed by atoms with Gasteiger partial charge in [0.25, 0.3) is 0 Å². The van der Waals surface area contributed by atoms with Gasteiger partial charge in [-0.3, -0.25) is 15.9 Å². The first kappa shape index (κ1) is 33.7. The van der Waals surface area contributed by atoms with Crippen LogP contribution in [-0.4, -0.2) is 34.5 Å². The van der Waals surface area contributed by atoms with Crippen molar-refractivity contribution in [2.24, 2.45) is 0 Å². The number of hydrogen-bond donors (Lipinski definition) is 0. The van der Waals surface area contributed by atoms with E-state index in [0.29, 0.717) is 0 Å². The quantitative estimate of drug-likeness (QED) is 0.133. The number of carbonyl (C=O) groups excluding carboxylic acids is 1. The summed E-state index contributed by atoms with van der Waals surface area (Å²) in [5.74, 6) is 0. The molecule has 6 aromatic carbocycles. The topological polar surface area (TPSA) is 17.1 Å². The zero-order chi connectivity index (χ0) is 28.5. The van der Waals surface area contributed by atoms with Crippen molar-refractivity contribution in [2.45, 2.75) is 0 Å². The van der Waals surface area contributed by atoms with Gasteiger partial charge >= 0.3 is 237 Å². The first-order valence-electron chi connectivity index (χ1n) is 13.2. The fourth-order valence-electron chi connectivity index (χ4n) is 4.36. The monoisotopic (exact) mass is 912 g/mol. The van der Waals surface area contributed by atoms with Crippen LogP contribution in [0.15, 0.2) is 182 Å². The summed E-state index contributed by atoms with van der Waals surface area (Å²) >= 11 is -0.439. The second-order valence-corrected chi connectivity index (χ2v) is 18.4. The van der Waals surface area contributed by atoms with Gasteiger partial charge in [-0.15, -0.1) is 0 Å². The molecular formula is C37H30As2BrIrO-. The number of hydrogen-bond acceptors (Lipinski definition) is 1. The SMILES string of the molecule is O=[C-]Br.[Ir].c1ccc([As](c2ccccc2)c2ccccc2)cc1.c1ccc([As](c2ccccc2)c2ccccc2)cc1. The van der Waals surface area contributed by atoms with Crippen LogP contribution in [0.5, 0.6) is 0 Å². The summed E-state index contributed by atoms with van der Waals surface area (Å²) in [4.78, 5) is 8.60. The van der Waals surface area contributed by atoms with E-state index in [1.54, 1.807) is 0 Å². The van der Waals surface area contributed by atoms with E-state index in [9.17, 15) is 0 Å². The Hall–Kier alpha value is -2.76. The van der Waals surface area contributed by atoms with Crippen molar-refractivity contribution < 1.29 is 24.9 Å². The van der Waals surface area contributed by atoms with Crippen LogP contribution in [0.4, 0.5) is 0 Å². The predicted molar refractivity (Wildman–Crippen MR) is 183 cm³/mol. The van der Waals surface area contributed by atoms with Crippen LogP contribution in [0.25, 0.3) is 0 Å². The maximum absolute atomic E-state index is 8.60. The van der Waals surface area contributed by atoms with Gasteiger partial charge in [0.15, 0.2) is 0 Å². The van der Waals surface area contributed by atoms with Crippen LogP contribution in [-0.2, 0) is 24.9 Å². The molecule has 6 aromatic rings. The molecule has 0 spiro atoms. The van der Waals surface area contributed by atoms with E-state index < -0.39 is 29.3 Å². The normalized spacial score (nSPS) is 9.88. The van der Waals surface area contributed by atoms with Crippen molar-refractivity contribution in [1.82, 2.24) is 0 Å². The zero-order valence-corrected chi connectivity index (χ0v) is 30.6. The minimum atomic E-state index is -1.39. The molecule has 0 aliphatic rings. The van der Waals surface area contributed by atoms with Crippen LogP contribution in [0.2, 0.25) is 0 Å². The van der Waals surface area contributed by atoms with E-state index in [1.165, 1.54) is 31.3 Å². The molecule has 1 nitrogen and oxygen atoms in total. The summed E-state index contributed by atoms with van der Waals surface area (Å²) in [6.45, 7) is 0. The van der Waals surface area contributed by atoms with Gasteiger partial charge in [-0.25, -0.2) is 0 Å². The summed E-state index contributed by atoms with van der Waals surface area (Å²) in [5, 5.41) is 1.31. The van der Waals surface area contributed by atoms with Crippen LogP contribution in [0, 0.1) is 0 Å². The molecule has 0 heterocycles. The van der Waals surface area contributed by atoms with Gasteiger partial charge in [0.2, 0.25) is 0 Å². The molecule has 211 valence electrons. The Morgan fingerprint density at radius 1 is 0.333 bits per heavy atom. The fraction of sp³-hybridized carbons (Fsp3) is 0. The molecule has 0 aliphatic carbocycles. The summed E-state index contributed by atoms with van der Waals surface area (Å²) in [6.07, 6.45) is 0. The van der Waals surface area contributed by atoms with Gasteiger partial charge in [0.05, 0.1) is 0 Å². The molecule has 0 N–H and O–H groups in total. The van der Waals surface area contributed by atoms with Crippen molar-refractivity contribution in [3.05, 3.63) is 182 Å². The van der Waals surface area contributed by atoms with Gasteiger partial charge in [-0.05, 0) is 0 Å². The van der Waals surface area contributed by atoms with Gasteiger partial charge < -0.3 is 4.79 Å². The first-order valence-corrected chi connectivity index (χ1v) is 19.6. The Morgan fingerprint density at radius 3 is 0.571 bits per heavy atom. The van der Waals surface area contributed by atoms with Crippen molar-refractivity contribution >= 4 is 76.5 Å². The van der Waals surface area contributed by atoms with Crippen LogP contribution < -0.4 is 26.1 Å². The molecule has 0 aromatic heterocycles. The third kappa shape index (κ3) is 10.2. The molecule has 0 fully saturated rings. The van der Waals surface area contributed by atoms with E-state index in [2.05, 4.69) is 198 Å². The second kappa shape index (κ2) is 19.4. The number of benzene rings is 6. The summed E-state index contributed by atoms with van der Waals surface area (Å²) in [6, 6.07) is 65.4. The molecule has 0 aliphatic heterocycles. The predicted octanol–water partition coefficient (Wildman–Crippen LogP) is 4.85. The van der Waals surface area contributed by atoms with Gasteiger partial charge in [0, 0.05) is 20.1 Å². The van der Waals surface area contributed by atoms with E-state index >= 15 is 0 Å². The Kier molecular flexibility index (Phi) is 15.6. The standard InChI is InChI=1S/2C18H15As.CBrO.Ir/c2*1-4-10-16(11-5-1)19(17-12-6-2-7-13-17)18-14-8-3-9-15-18;2-1-3;/h2*1-15H;;/q;;-1;. The Bertz CT molecular complexity index is 1230. The zero-order valence-electron chi connectivity index (χ0n) is 22.8. The van der Waals surface area contributed by atoms with Gasteiger partial charge in [0.1, 0.15) is 0 Å². The molecule has 1 radical (unpaired) electrons. The average Bonchev–Trinajstić information content (AvgIpc) is 3.05. The van der Waals surface area contributed by atoms with Crippen molar-refractivity contribution in [1.29, 1.82) is 0 Å². The van der Waals surface area contributed by atoms with Crippen LogP contribution in [0.1, 0.15) is 0 Å². The van der Waals surface area contributed by atoms with Crippen molar-refractivity contribution in [2.75, 3.05) is 0 Å². The fourth-order valence-corrected chi connectivity index (χ4v) is 14.0. The molecule has 5 heteroatoms. The summed E-state index contributed by atoms with van der Waals surface area (Å²) in [5.41, 5.74) is 0. The molecule has 0 unspecified atom stereocenters. The third-order valence-electron chi connectivity index (χ3n) is 6.09. The summed E-state index contributed by atoms with van der Waals surface area (Å²) in [7, 11) is 0. The first-order chi connectivity index (χ1) is 20.3. The average molecular weight is 913 g/mol. The number of halogens is 1. The summed E-state index contributed by atoms with van der Waals surface area (Å²) < 4.78 is 8.87. The molecular weight excluding hydrogens is 882 g/mol. The Morgan fingerprint density at radius 2 is 0.452 bits per heavy atom. The van der Waals surface area contributed by atoms with E-state index in [4.69, 9.17) is 4.79 Å². The maximum atomic E-state index is 8.60. The van der Waals surface area contributed by atoms with Crippen molar-refractivity contribution in [3.8, 4) is 0 Å². The molecule has 0 saturated heterocycles. The minimum absolute atomic E-state index is 0. The van der Waals surface area contributed by atoms with Crippen LogP contribution in [0.3, 0.4) is 0 Å². The third-order valence-corrected chi connectivity index (χ3v) is 16.3. The van der Waals surface area contributed by atoms with E-state index in [0.717, 1.165) is 0 Å². The van der Waals surface area contributed by atoms with Gasteiger partial charge in [-0.2, -0.15) is 5.20 Å². The van der Waals surface area contributed by atoms with Crippen LogP contribution >= 0.6 is 15.9 Å². The molecule has 0 saturated carbocycles. The molecule has 42 heavy (non-hydrogen) atoms. The Labute approximate surface area is 281 Å². The van der Waals surface area contributed by atoms with Crippen molar-refractivity contribution in [3.63, 3.8) is 0 Å². The molecule has 0 amide bonds.